The molecule has 0 radical (unpaired) electrons. The van der Waals surface area contributed by atoms with Gasteiger partial charge in [-0.1, -0.05) is 0 Å². The van der Waals surface area contributed by atoms with E-state index in [1.807, 2.05) is 0 Å². The van der Waals surface area contributed by atoms with Crippen molar-refractivity contribution in [3.8, 4) is 0 Å². The summed E-state index contributed by atoms with van der Waals surface area (Å²) in [6.45, 7) is 1.82. The number of epoxide rings is 1. The average molecular weight is 140 g/mol. The first-order chi connectivity index (χ1) is 4.83. The van der Waals surface area contributed by atoms with Crippen molar-refractivity contribution >= 4 is 0 Å². The van der Waals surface area contributed by atoms with Crippen LogP contribution in [0.5, 0.6) is 0 Å². The van der Waals surface area contributed by atoms with Gasteiger partial charge < -0.3 is 9.47 Å². The van der Waals surface area contributed by atoms with E-state index in [4.69, 9.17) is 9.47 Å². The molecule has 0 aromatic heterocycles. The molecule has 1 atom stereocenters. The lowest BCUT2D eigenvalue weighted by molar-refractivity contribution is -0.0565. The van der Waals surface area contributed by atoms with Crippen LogP contribution in [0.4, 0.5) is 0 Å². The van der Waals surface area contributed by atoms with Crippen LogP contribution in [0.25, 0.3) is 0 Å². The largest absolute Gasteiger partial charge is 0.372 e. The Hall–Kier alpha value is -0.0800. The monoisotopic (exact) mass is 140 g/mol. The molecule has 0 aromatic carbocycles. The van der Waals surface area contributed by atoms with E-state index < -0.39 is 0 Å². The minimum absolute atomic E-state index is 0.209. The normalized spacial score (nSPS) is 48.0. The van der Waals surface area contributed by atoms with Crippen molar-refractivity contribution in [1.82, 2.24) is 0 Å². The Morgan fingerprint density at radius 2 is 1.60 bits per heavy atom. The molecule has 1 unspecified atom stereocenters. The zero-order valence-electron chi connectivity index (χ0n) is 6.06. The van der Waals surface area contributed by atoms with Crippen molar-refractivity contribution in [3.05, 3.63) is 0 Å². The summed E-state index contributed by atoms with van der Waals surface area (Å²) < 4.78 is 11.1. The highest BCUT2D eigenvalue weighted by Crippen LogP contribution is 2.52. The first-order valence-corrected chi connectivity index (χ1v) is 4.11. The molecule has 2 heteroatoms. The number of ether oxygens (including phenoxy) is 2. The summed E-state index contributed by atoms with van der Waals surface area (Å²) in [6.07, 6.45) is 5.09. The molecule has 3 rings (SSSR count). The molecule has 2 heterocycles. The Morgan fingerprint density at radius 1 is 0.900 bits per heavy atom. The maximum Gasteiger partial charge on any atom is 0.118 e. The van der Waals surface area contributed by atoms with Gasteiger partial charge in [-0.05, 0) is 19.3 Å². The summed E-state index contributed by atoms with van der Waals surface area (Å²) in [5.74, 6) is 0. The minimum atomic E-state index is 0.209. The van der Waals surface area contributed by atoms with E-state index in [-0.39, 0.29) is 11.2 Å². The molecule has 1 saturated carbocycles. The molecule has 2 spiro atoms. The predicted octanol–water partition coefficient (Wildman–Crippen LogP) is 1.10. The molecule has 0 N–H and O–H groups in total. The quantitative estimate of drug-likeness (QED) is 0.470. The molecule has 56 valence electrons. The van der Waals surface area contributed by atoms with Crippen LogP contribution >= 0.6 is 0 Å². The second-order valence-corrected chi connectivity index (χ2v) is 3.97. The Kier molecular flexibility index (Phi) is 0.783. The third-order valence-electron chi connectivity index (χ3n) is 3.10. The van der Waals surface area contributed by atoms with E-state index in [2.05, 4.69) is 0 Å². The van der Waals surface area contributed by atoms with Crippen LogP contribution in [-0.2, 0) is 9.47 Å². The Bertz CT molecular complexity index is 168. The van der Waals surface area contributed by atoms with Gasteiger partial charge in [0.15, 0.2) is 0 Å². The van der Waals surface area contributed by atoms with Crippen LogP contribution in [0, 0.1) is 0 Å². The van der Waals surface area contributed by atoms with Gasteiger partial charge in [0.05, 0.1) is 18.8 Å². The van der Waals surface area contributed by atoms with E-state index in [1.165, 1.54) is 25.7 Å². The summed E-state index contributed by atoms with van der Waals surface area (Å²) in [4.78, 5) is 0. The van der Waals surface area contributed by atoms with Crippen LogP contribution in [0.1, 0.15) is 25.7 Å². The fourth-order valence-electron chi connectivity index (χ4n) is 2.15. The first-order valence-electron chi connectivity index (χ1n) is 4.11. The predicted molar refractivity (Wildman–Crippen MR) is 35.8 cm³/mol. The standard InChI is InChI=1S/C8H12O2/c1-2-7(3-1)4-8(5-9-7)6-10-8/h1-6H2. The summed E-state index contributed by atoms with van der Waals surface area (Å²) in [6, 6.07) is 0. The fourth-order valence-corrected chi connectivity index (χ4v) is 2.15. The highest BCUT2D eigenvalue weighted by atomic mass is 16.6. The maximum atomic E-state index is 5.73. The van der Waals surface area contributed by atoms with Gasteiger partial charge in [0.1, 0.15) is 5.60 Å². The Balaban J connectivity index is 1.80. The molecular formula is C8H12O2. The molecular weight excluding hydrogens is 128 g/mol. The fraction of sp³-hybridized carbons (Fsp3) is 1.00. The van der Waals surface area contributed by atoms with E-state index >= 15 is 0 Å². The number of hydrogen-bond acceptors (Lipinski definition) is 2. The van der Waals surface area contributed by atoms with Crippen molar-refractivity contribution < 1.29 is 9.47 Å². The lowest BCUT2D eigenvalue weighted by Gasteiger charge is -2.36. The molecule has 0 amide bonds. The Labute approximate surface area is 60.5 Å². The second-order valence-electron chi connectivity index (χ2n) is 3.97. The Morgan fingerprint density at radius 3 is 1.90 bits per heavy atom. The minimum Gasteiger partial charge on any atom is -0.372 e. The van der Waals surface area contributed by atoms with E-state index in [9.17, 15) is 0 Å². The van der Waals surface area contributed by atoms with Gasteiger partial charge in [-0.2, -0.15) is 0 Å². The van der Waals surface area contributed by atoms with Gasteiger partial charge in [-0.15, -0.1) is 0 Å². The lowest BCUT2D eigenvalue weighted by atomic mass is 9.76. The molecule has 3 aliphatic rings. The first kappa shape index (κ1) is 5.56. The van der Waals surface area contributed by atoms with E-state index in [0.717, 1.165) is 13.2 Å². The molecule has 3 fully saturated rings. The van der Waals surface area contributed by atoms with E-state index in [1.54, 1.807) is 0 Å². The van der Waals surface area contributed by atoms with Crippen LogP contribution in [0.3, 0.4) is 0 Å². The van der Waals surface area contributed by atoms with Gasteiger partial charge >= 0.3 is 0 Å². The van der Waals surface area contributed by atoms with Crippen LogP contribution in [0.15, 0.2) is 0 Å². The summed E-state index contributed by atoms with van der Waals surface area (Å²) >= 11 is 0. The van der Waals surface area contributed by atoms with Crippen molar-refractivity contribution in [2.24, 2.45) is 0 Å². The summed E-state index contributed by atoms with van der Waals surface area (Å²) in [7, 11) is 0. The average Bonchev–Trinajstić information content (AvgIpc) is 2.40. The molecule has 2 nitrogen and oxygen atoms in total. The van der Waals surface area contributed by atoms with Gasteiger partial charge in [-0.25, -0.2) is 0 Å². The van der Waals surface area contributed by atoms with E-state index in [0.29, 0.717) is 0 Å². The number of rotatable bonds is 0. The zero-order valence-corrected chi connectivity index (χ0v) is 6.06. The third-order valence-corrected chi connectivity index (χ3v) is 3.10. The van der Waals surface area contributed by atoms with Crippen LogP contribution < -0.4 is 0 Å². The van der Waals surface area contributed by atoms with Gasteiger partial charge in [0.2, 0.25) is 0 Å². The lowest BCUT2D eigenvalue weighted by Crippen LogP contribution is -2.36. The van der Waals surface area contributed by atoms with Crippen molar-refractivity contribution in [3.63, 3.8) is 0 Å². The van der Waals surface area contributed by atoms with Crippen molar-refractivity contribution in [1.29, 1.82) is 0 Å². The highest BCUT2D eigenvalue weighted by molar-refractivity contribution is 5.08. The highest BCUT2D eigenvalue weighted by Gasteiger charge is 2.59. The van der Waals surface area contributed by atoms with Crippen LogP contribution in [0.2, 0.25) is 0 Å². The van der Waals surface area contributed by atoms with Crippen LogP contribution in [-0.4, -0.2) is 24.4 Å². The molecule has 10 heavy (non-hydrogen) atoms. The molecule has 2 saturated heterocycles. The molecule has 2 aliphatic heterocycles. The second kappa shape index (κ2) is 1.41. The smallest absolute Gasteiger partial charge is 0.118 e. The summed E-state index contributed by atoms with van der Waals surface area (Å²) in [5.41, 5.74) is 0.497. The van der Waals surface area contributed by atoms with Crippen molar-refractivity contribution in [2.45, 2.75) is 36.9 Å². The number of hydrogen-bond donors (Lipinski definition) is 0. The van der Waals surface area contributed by atoms with Gasteiger partial charge in [0.25, 0.3) is 0 Å². The maximum absolute atomic E-state index is 5.73. The molecule has 0 bridgehead atoms. The van der Waals surface area contributed by atoms with Crippen molar-refractivity contribution in [2.75, 3.05) is 13.2 Å². The zero-order chi connectivity index (χ0) is 6.66. The molecule has 1 aliphatic carbocycles. The molecule has 0 aromatic rings. The van der Waals surface area contributed by atoms with Gasteiger partial charge in [0, 0.05) is 6.42 Å². The SMILES string of the molecule is C1CC2(C1)CC1(CO2)CO1. The topological polar surface area (TPSA) is 21.8 Å². The third kappa shape index (κ3) is 0.565. The summed E-state index contributed by atoms with van der Waals surface area (Å²) in [5, 5.41) is 0. The van der Waals surface area contributed by atoms with Gasteiger partial charge in [-0.3, -0.25) is 0 Å².